The van der Waals surface area contributed by atoms with Crippen LogP contribution in [0.25, 0.3) is 27.8 Å². The highest BCUT2D eigenvalue weighted by Crippen LogP contribution is 2.34. The van der Waals surface area contributed by atoms with E-state index in [1.165, 1.54) is 12.1 Å². The van der Waals surface area contributed by atoms with Crippen molar-refractivity contribution in [3.8, 4) is 16.9 Å². The summed E-state index contributed by atoms with van der Waals surface area (Å²) in [6.07, 6.45) is 2.37. The Morgan fingerprint density at radius 3 is 2.54 bits per heavy atom. The van der Waals surface area contributed by atoms with Gasteiger partial charge in [0.25, 0.3) is 5.91 Å². The van der Waals surface area contributed by atoms with Gasteiger partial charge in [-0.2, -0.15) is 5.10 Å². The van der Waals surface area contributed by atoms with Gasteiger partial charge >= 0.3 is 0 Å². The van der Waals surface area contributed by atoms with Crippen LogP contribution in [-0.4, -0.2) is 26.7 Å². The number of pyridine rings is 1. The van der Waals surface area contributed by atoms with Crippen molar-refractivity contribution in [3.63, 3.8) is 0 Å². The summed E-state index contributed by atoms with van der Waals surface area (Å²) in [5.41, 5.74) is 4.27. The van der Waals surface area contributed by atoms with Gasteiger partial charge in [0.05, 0.1) is 16.2 Å². The molecule has 0 saturated carbocycles. The van der Waals surface area contributed by atoms with E-state index in [0.29, 0.717) is 28.4 Å². The maximum absolute atomic E-state index is 13.6. The molecule has 1 N–H and O–H groups in total. The van der Waals surface area contributed by atoms with Crippen molar-refractivity contribution in [2.75, 3.05) is 0 Å². The highest BCUT2D eigenvalue weighted by Gasteiger charge is 2.18. The van der Waals surface area contributed by atoms with Crippen molar-refractivity contribution in [2.24, 2.45) is 0 Å². The predicted octanol–water partition coefficient (Wildman–Crippen LogP) is 6.24. The minimum Gasteiger partial charge on any atom is -0.349 e. The summed E-state index contributed by atoms with van der Waals surface area (Å²) >= 11 is 6.47. The first kappa shape index (κ1) is 22.7. The number of benzene rings is 3. The Hall–Kier alpha value is -4.03. The Balaban J connectivity index is 1.53. The molecule has 0 spiro atoms. The Bertz CT molecular complexity index is 1500. The summed E-state index contributed by atoms with van der Waals surface area (Å²) in [6.45, 7) is 1.95. The number of hydrogen-bond acceptors (Lipinski definition) is 3. The monoisotopic (exact) mass is 484 g/mol. The summed E-state index contributed by atoms with van der Waals surface area (Å²) in [4.78, 5) is 17.4. The van der Waals surface area contributed by atoms with E-state index in [2.05, 4.69) is 10.3 Å². The molecule has 0 fully saturated rings. The molecule has 3 aromatic carbocycles. The maximum Gasteiger partial charge on any atom is 0.251 e. The average Bonchev–Trinajstić information content (AvgIpc) is 3.24. The average molecular weight is 485 g/mol. The summed E-state index contributed by atoms with van der Waals surface area (Å²) in [7, 11) is 0. The van der Waals surface area contributed by atoms with Crippen LogP contribution in [0.1, 0.15) is 23.0 Å². The van der Waals surface area contributed by atoms with Crippen LogP contribution in [0.4, 0.5) is 4.39 Å². The standard InChI is InChI=1S/C28H22ClFN4O/c1-18(16-21-6-4-5-15-31-21)32-28(35)19-9-14-24-26(17-19)34(22-12-10-20(30)11-13-22)33-27(24)23-7-2-3-8-25(23)29/h2-15,17-18H,16H2,1H3,(H,32,35). The molecule has 35 heavy (non-hydrogen) atoms. The van der Waals surface area contributed by atoms with Crippen LogP contribution in [0.2, 0.25) is 5.02 Å². The molecule has 1 atom stereocenters. The fourth-order valence-corrected chi connectivity index (χ4v) is 4.30. The van der Waals surface area contributed by atoms with E-state index in [0.717, 1.165) is 22.2 Å². The lowest BCUT2D eigenvalue weighted by atomic mass is 10.1. The first-order valence-corrected chi connectivity index (χ1v) is 11.6. The van der Waals surface area contributed by atoms with Crippen molar-refractivity contribution in [1.82, 2.24) is 20.1 Å². The first-order chi connectivity index (χ1) is 17.0. The number of fused-ring (bicyclic) bond motifs is 1. The fraction of sp³-hybridized carbons (Fsp3) is 0.107. The number of carbonyl (C=O) groups is 1. The normalized spacial score (nSPS) is 12.0. The summed E-state index contributed by atoms with van der Waals surface area (Å²) in [6, 6.07) is 24.6. The van der Waals surface area contributed by atoms with Crippen molar-refractivity contribution in [3.05, 3.63) is 113 Å². The lowest BCUT2D eigenvalue weighted by Crippen LogP contribution is -2.34. The number of nitrogens with zero attached hydrogens (tertiary/aromatic N) is 3. The number of nitrogens with one attached hydrogen (secondary N) is 1. The lowest BCUT2D eigenvalue weighted by molar-refractivity contribution is 0.0940. The van der Waals surface area contributed by atoms with Gasteiger partial charge in [-0.25, -0.2) is 9.07 Å². The lowest BCUT2D eigenvalue weighted by Gasteiger charge is -2.14. The van der Waals surface area contributed by atoms with Gasteiger partial charge in [0.15, 0.2) is 0 Å². The first-order valence-electron chi connectivity index (χ1n) is 11.2. The van der Waals surface area contributed by atoms with Crippen LogP contribution in [0.5, 0.6) is 0 Å². The van der Waals surface area contributed by atoms with Gasteiger partial charge in [-0.1, -0.05) is 35.9 Å². The quantitative estimate of drug-likeness (QED) is 0.310. The van der Waals surface area contributed by atoms with Gasteiger partial charge in [0.2, 0.25) is 0 Å². The van der Waals surface area contributed by atoms with Crippen LogP contribution in [0, 0.1) is 5.82 Å². The van der Waals surface area contributed by atoms with Crippen LogP contribution >= 0.6 is 11.6 Å². The zero-order valence-corrected chi connectivity index (χ0v) is 19.7. The molecule has 1 unspecified atom stereocenters. The maximum atomic E-state index is 13.6. The third kappa shape index (κ3) is 4.79. The molecule has 5 nitrogen and oxygen atoms in total. The van der Waals surface area contributed by atoms with Gasteiger partial charge in [-0.15, -0.1) is 0 Å². The van der Waals surface area contributed by atoms with Crippen LogP contribution in [0.3, 0.4) is 0 Å². The summed E-state index contributed by atoms with van der Waals surface area (Å²) < 4.78 is 15.3. The predicted molar refractivity (Wildman–Crippen MR) is 136 cm³/mol. The largest absolute Gasteiger partial charge is 0.349 e. The Kier molecular flexibility index (Phi) is 6.29. The SMILES string of the molecule is CC(Cc1ccccn1)NC(=O)c1ccc2c(-c3ccccc3Cl)nn(-c3ccc(F)cc3)c2c1. The number of carbonyl (C=O) groups excluding carboxylic acids is 1. The van der Waals surface area contributed by atoms with Crippen molar-refractivity contribution in [2.45, 2.75) is 19.4 Å². The van der Waals surface area contributed by atoms with Crippen molar-refractivity contribution >= 4 is 28.4 Å². The molecule has 2 heterocycles. The van der Waals surface area contributed by atoms with Gasteiger partial charge < -0.3 is 5.32 Å². The molecular weight excluding hydrogens is 463 g/mol. The Morgan fingerprint density at radius 2 is 1.80 bits per heavy atom. The van der Waals surface area contributed by atoms with Gasteiger partial charge in [0, 0.05) is 40.9 Å². The molecule has 1 amide bonds. The molecule has 0 bridgehead atoms. The van der Waals surface area contributed by atoms with E-state index in [4.69, 9.17) is 16.7 Å². The number of hydrogen-bond donors (Lipinski definition) is 1. The van der Waals surface area contributed by atoms with Crippen LogP contribution in [-0.2, 0) is 6.42 Å². The smallest absolute Gasteiger partial charge is 0.251 e. The Labute approximate surface area is 207 Å². The topological polar surface area (TPSA) is 59.8 Å². The molecule has 5 rings (SSSR count). The highest BCUT2D eigenvalue weighted by molar-refractivity contribution is 6.33. The summed E-state index contributed by atoms with van der Waals surface area (Å²) in [5, 5.41) is 9.26. The zero-order chi connectivity index (χ0) is 24.4. The van der Waals surface area contributed by atoms with E-state index in [-0.39, 0.29) is 17.8 Å². The van der Waals surface area contributed by atoms with Gasteiger partial charge in [-0.3, -0.25) is 9.78 Å². The number of amides is 1. The van der Waals surface area contributed by atoms with Gasteiger partial charge in [0.1, 0.15) is 11.5 Å². The van der Waals surface area contributed by atoms with E-state index in [1.807, 2.05) is 55.5 Å². The molecule has 5 aromatic rings. The molecule has 174 valence electrons. The molecule has 0 aliphatic heterocycles. The molecule has 0 radical (unpaired) electrons. The molecular formula is C28H22ClFN4O. The Morgan fingerprint density at radius 1 is 1.03 bits per heavy atom. The van der Waals surface area contributed by atoms with Crippen molar-refractivity contribution in [1.29, 1.82) is 0 Å². The van der Waals surface area contributed by atoms with Crippen molar-refractivity contribution < 1.29 is 9.18 Å². The molecule has 0 aliphatic carbocycles. The van der Waals surface area contributed by atoms with E-state index >= 15 is 0 Å². The minimum absolute atomic E-state index is 0.103. The summed E-state index contributed by atoms with van der Waals surface area (Å²) in [5.74, 6) is -0.528. The fourth-order valence-electron chi connectivity index (χ4n) is 4.08. The number of halogens is 2. The molecule has 7 heteroatoms. The highest BCUT2D eigenvalue weighted by atomic mass is 35.5. The second-order valence-electron chi connectivity index (χ2n) is 8.35. The third-order valence-electron chi connectivity index (χ3n) is 5.76. The van der Waals surface area contributed by atoms with E-state index < -0.39 is 0 Å². The third-order valence-corrected chi connectivity index (χ3v) is 6.09. The number of rotatable bonds is 6. The van der Waals surface area contributed by atoms with Crippen LogP contribution < -0.4 is 5.32 Å². The molecule has 2 aromatic heterocycles. The number of aromatic nitrogens is 3. The zero-order valence-electron chi connectivity index (χ0n) is 19.0. The van der Waals surface area contributed by atoms with E-state index in [9.17, 15) is 9.18 Å². The van der Waals surface area contributed by atoms with Gasteiger partial charge in [-0.05, 0) is 67.6 Å². The molecule has 0 aliphatic rings. The van der Waals surface area contributed by atoms with E-state index in [1.54, 1.807) is 35.1 Å². The van der Waals surface area contributed by atoms with Crippen LogP contribution in [0.15, 0.2) is 91.1 Å². The second-order valence-corrected chi connectivity index (χ2v) is 8.76. The second kappa shape index (κ2) is 9.68. The molecule has 0 saturated heterocycles. The minimum atomic E-state index is -0.335.